The summed E-state index contributed by atoms with van der Waals surface area (Å²) in [6.07, 6.45) is 8.36. The minimum atomic E-state index is -0.400. The molecule has 1 fully saturated rings. The Hall–Kier alpha value is -3.19. The van der Waals surface area contributed by atoms with E-state index < -0.39 is 5.97 Å². The first-order valence-corrected chi connectivity index (χ1v) is 11.8. The molecule has 2 heterocycles. The van der Waals surface area contributed by atoms with Crippen LogP contribution < -0.4 is 10.1 Å². The zero-order valence-corrected chi connectivity index (χ0v) is 18.8. The van der Waals surface area contributed by atoms with Gasteiger partial charge in [-0.1, -0.05) is 12.5 Å². The van der Waals surface area contributed by atoms with E-state index in [4.69, 9.17) is 9.47 Å². The topological polar surface area (TPSA) is 77.5 Å². The van der Waals surface area contributed by atoms with Crippen molar-refractivity contribution in [3.63, 3.8) is 0 Å². The summed E-state index contributed by atoms with van der Waals surface area (Å²) in [5, 5.41) is 5.26. The number of carbonyl (C=O) groups excluding carboxylic acids is 2. The van der Waals surface area contributed by atoms with Gasteiger partial charge in [-0.2, -0.15) is 0 Å². The standard InChI is InChI=1S/C25H26N2O4S/c1-2-30-20-10-6-7-18(15-20)23(28)27-24-22(25(29)31-19-8-4-3-5-9-19)21(16-32-24)17-11-13-26-14-12-17/h6-7,10-16,19H,2-5,8-9H2,1H3,(H,27,28). The molecule has 7 heteroatoms. The molecule has 166 valence electrons. The number of carbonyl (C=O) groups is 2. The summed E-state index contributed by atoms with van der Waals surface area (Å²) < 4.78 is 11.4. The molecule has 1 aliphatic rings. The molecule has 4 rings (SSSR count). The van der Waals surface area contributed by atoms with E-state index in [-0.39, 0.29) is 12.0 Å². The summed E-state index contributed by atoms with van der Waals surface area (Å²) in [6.45, 7) is 2.41. The van der Waals surface area contributed by atoms with E-state index in [9.17, 15) is 9.59 Å². The highest BCUT2D eigenvalue weighted by Crippen LogP contribution is 2.37. The highest BCUT2D eigenvalue weighted by Gasteiger charge is 2.26. The van der Waals surface area contributed by atoms with Crippen LogP contribution in [0.4, 0.5) is 5.00 Å². The SMILES string of the molecule is CCOc1cccc(C(=O)Nc2scc(-c3ccncc3)c2C(=O)OC2CCCCC2)c1. The third-order valence-corrected chi connectivity index (χ3v) is 6.34. The summed E-state index contributed by atoms with van der Waals surface area (Å²) in [4.78, 5) is 30.3. The summed E-state index contributed by atoms with van der Waals surface area (Å²) in [6, 6.07) is 10.7. The molecule has 0 radical (unpaired) electrons. The van der Waals surface area contributed by atoms with Crippen molar-refractivity contribution in [2.45, 2.75) is 45.1 Å². The van der Waals surface area contributed by atoms with E-state index in [0.717, 1.165) is 36.8 Å². The number of nitrogens with one attached hydrogen (secondary N) is 1. The second-order valence-electron chi connectivity index (χ2n) is 7.67. The highest BCUT2D eigenvalue weighted by molar-refractivity contribution is 7.15. The van der Waals surface area contributed by atoms with Crippen molar-refractivity contribution in [3.05, 3.63) is 65.3 Å². The summed E-state index contributed by atoms with van der Waals surface area (Å²) >= 11 is 1.31. The van der Waals surface area contributed by atoms with Crippen LogP contribution in [0.2, 0.25) is 0 Å². The quantitative estimate of drug-likeness (QED) is 0.450. The molecule has 1 N–H and O–H groups in total. The average molecular weight is 451 g/mol. The van der Waals surface area contributed by atoms with Crippen molar-refractivity contribution in [3.8, 4) is 16.9 Å². The van der Waals surface area contributed by atoms with E-state index >= 15 is 0 Å². The Morgan fingerprint density at radius 3 is 2.66 bits per heavy atom. The Morgan fingerprint density at radius 1 is 1.12 bits per heavy atom. The fourth-order valence-electron chi connectivity index (χ4n) is 3.86. The molecular formula is C25H26N2O4S. The maximum atomic E-state index is 13.2. The summed E-state index contributed by atoms with van der Waals surface area (Å²) in [5.41, 5.74) is 2.43. The Kier molecular flexibility index (Phi) is 7.17. The van der Waals surface area contributed by atoms with Gasteiger partial charge in [-0.25, -0.2) is 4.79 Å². The van der Waals surface area contributed by atoms with E-state index in [0.29, 0.717) is 28.5 Å². The molecule has 3 aromatic rings. The van der Waals surface area contributed by atoms with Gasteiger partial charge >= 0.3 is 5.97 Å². The molecule has 1 amide bonds. The number of nitrogens with zero attached hydrogens (tertiary/aromatic N) is 1. The van der Waals surface area contributed by atoms with Crippen LogP contribution in [0.25, 0.3) is 11.1 Å². The van der Waals surface area contributed by atoms with Gasteiger partial charge in [0, 0.05) is 28.9 Å². The molecule has 0 unspecified atom stereocenters. The number of benzene rings is 1. The second-order valence-corrected chi connectivity index (χ2v) is 8.55. The summed E-state index contributed by atoms with van der Waals surface area (Å²) in [7, 11) is 0. The fourth-order valence-corrected chi connectivity index (χ4v) is 4.81. The van der Waals surface area contributed by atoms with Crippen LogP contribution in [0.1, 0.15) is 59.7 Å². The average Bonchev–Trinajstić information content (AvgIpc) is 3.24. The fraction of sp³-hybridized carbons (Fsp3) is 0.320. The molecule has 32 heavy (non-hydrogen) atoms. The van der Waals surface area contributed by atoms with Crippen LogP contribution in [0.15, 0.2) is 54.2 Å². The van der Waals surface area contributed by atoms with Crippen LogP contribution in [-0.2, 0) is 4.74 Å². The van der Waals surface area contributed by atoms with Gasteiger partial charge in [0.15, 0.2) is 0 Å². The molecule has 1 saturated carbocycles. The normalized spacial score (nSPS) is 14.0. The van der Waals surface area contributed by atoms with Crippen LogP contribution in [0.5, 0.6) is 5.75 Å². The molecule has 1 aromatic carbocycles. The number of anilines is 1. The van der Waals surface area contributed by atoms with Gasteiger partial charge in [0.2, 0.25) is 0 Å². The van der Waals surface area contributed by atoms with Crippen LogP contribution in [0.3, 0.4) is 0 Å². The van der Waals surface area contributed by atoms with Crippen molar-refractivity contribution in [1.29, 1.82) is 0 Å². The first-order valence-electron chi connectivity index (χ1n) is 10.9. The second kappa shape index (κ2) is 10.4. The summed E-state index contributed by atoms with van der Waals surface area (Å²) in [5.74, 6) is -0.0783. The van der Waals surface area contributed by atoms with E-state index in [1.54, 1.807) is 36.7 Å². The monoisotopic (exact) mass is 450 g/mol. The number of rotatable bonds is 7. The number of esters is 1. The van der Waals surface area contributed by atoms with Crippen molar-refractivity contribution in [1.82, 2.24) is 4.98 Å². The molecule has 0 spiro atoms. The predicted molar refractivity (Wildman–Crippen MR) is 125 cm³/mol. The molecule has 0 aliphatic heterocycles. The lowest BCUT2D eigenvalue weighted by molar-refractivity contribution is 0.0214. The lowest BCUT2D eigenvalue weighted by Gasteiger charge is -2.22. The first kappa shape index (κ1) is 22.0. The van der Waals surface area contributed by atoms with Crippen molar-refractivity contribution >= 4 is 28.2 Å². The lowest BCUT2D eigenvalue weighted by Crippen LogP contribution is -2.22. The van der Waals surface area contributed by atoms with E-state index in [2.05, 4.69) is 10.3 Å². The molecule has 6 nitrogen and oxygen atoms in total. The van der Waals surface area contributed by atoms with E-state index in [1.807, 2.05) is 24.4 Å². The Labute approximate surface area is 191 Å². The van der Waals surface area contributed by atoms with Gasteiger partial charge in [-0.05, 0) is 68.5 Å². The lowest BCUT2D eigenvalue weighted by atomic mass is 9.97. The molecule has 0 bridgehead atoms. The number of hydrogen-bond donors (Lipinski definition) is 1. The Bertz CT molecular complexity index is 1070. The maximum absolute atomic E-state index is 13.2. The van der Waals surface area contributed by atoms with Gasteiger partial charge in [-0.3, -0.25) is 9.78 Å². The van der Waals surface area contributed by atoms with Crippen LogP contribution in [0, 0.1) is 0 Å². The third-order valence-electron chi connectivity index (χ3n) is 5.45. The predicted octanol–water partition coefficient (Wildman–Crippen LogP) is 5.95. The number of thiophene rings is 1. The smallest absolute Gasteiger partial charge is 0.342 e. The molecular weight excluding hydrogens is 424 g/mol. The zero-order valence-electron chi connectivity index (χ0n) is 18.0. The van der Waals surface area contributed by atoms with Crippen molar-refractivity contribution in [2.24, 2.45) is 0 Å². The highest BCUT2D eigenvalue weighted by atomic mass is 32.1. The molecule has 0 saturated heterocycles. The largest absolute Gasteiger partial charge is 0.494 e. The number of pyridine rings is 1. The zero-order chi connectivity index (χ0) is 22.3. The number of ether oxygens (including phenoxy) is 2. The Morgan fingerprint density at radius 2 is 1.91 bits per heavy atom. The minimum Gasteiger partial charge on any atom is -0.494 e. The minimum absolute atomic E-state index is 0.0761. The van der Waals surface area contributed by atoms with E-state index in [1.165, 1.54) is 17.8 Å². The molecule has 2 aromatic heterocycles. The number of hydrogen-bond acceptors (Lipinski definition) is 6. The van der Waals surface area contributed by atoms with Crippen molar-refractivity contribution < 1.29 is 19.1 Å². The van der Waals surface area contributed by atoms with Crippen molar-refractivity contribution in [2.75, 3.05) is 11.9 Å². The Balaban J connectivity index is 1.62. The first-order chi connectivity index (χ1) is 15.7. The van der Waals surface area contributed by atoms with Crippen LogP contribution >= 0.6 is 11.3 Å². The van der Waals surface area contributed by atoms with Gasteiger partial charge < -0.3 is 14.8 Å². The number of aromatic nitrogens is 1. The maximum Gasteiger partial charge on any atom is 0.342 e. The van der Waals surface area contributed by atoms with Gasteiger partial charge in [-0.15, -0.1) is 11.3 Å². The molecule has 1 aliphatic carbocycles. The van der Waals surface area contributed by atoms with Gasteiger partial charge in [0.05, 0.1) is 6.61 Å². The molecule has 0 atom stereocenters. The third kappa shape index (κ3) is 5.16. The number of amides is 1. The van der Waals surface area contributed by atoms with Gasteiger partial charge in [0.25, 0.3) is 5.91 Å². The van der Waals surface area contributed by atoms with Crippen LogP contribution in [-0.4, -0.2) is 29.6 Å². The van der Waals surface area contributed by atoms with Gasteiger partial charge in [0.1, 0.15) is 22.4 Å².